The van der Waals surface area contributed by atoms with Crippen molar-refractivity contribution in [3.05, 3.63) is 72.1 Å². The van der Waals surface area contributed by atoms with Crippen molar-refractivity contribution in [1.29, 1.82) is 0 Å². The number of nitrogens with zero attached hydrogens (tertiary/aromatic N) is 1. The molecule has 0 aliphatic heterocycles. The first-order valence-corrected chi connectivity index (χ1v) is 8.37. The van der Waals surface area contributed by atoms with Crippen LogP contribution in [-0.4, -0.2) is 18.0 Å². The minimum absolute atomic E-state index is 0.00832. The molecule has 0 saturated heterocycles. The molecule has 4 heteroatoms. The van der Waals surface area contributed by atoms with Crippen molar-refractivity contribution in [1.82, 2.24) is 10.3 Å². The van der Waals surface area contributed by atoms with Crippen LogP contribution >= 0.6 is 0 Å². The molecule has 1 aromatic heterocycles. The van der Waals surface area contributed by atoms with Gasteiger partial charge in [0.25, 0.3) is 0 Å². The third-order valence-electron chi connectivity index (χ3n) is 4.45. The van der Waals surface area contributed by atoms with Crippen molar-refractivity contribution < 1.29 is 9.53 Å². The number of carbonyl (C=O) groups excluding carboxylic acids is 1. The number of nitrogens with one attached hydrogen (secondary N) is 1. The van der Waals surface area contributed by atoms with Crippen LogP contribution in [0.25, 0.3) is 10.8 Å². The summed E-state index contributed by atoms with van der Waals surface area (Å²) in [6.07, 6.45) is 1.74. The van der Waals surface area contributed by atoms with Gasteiger partial charge in [0.05, 0.1) is 24.8 Å². The molecule has 1 heterocycles. The SMILES string of the molecule is COc1ccc2cc([C@H](C)C(=O)N[C@@H](C)c3ccccn3)ccc2c1. The molecule has 0 aliphatic rings. The van der Waals surface area contributed by atoms with Gasteiger partial charge >= 0.3 is 0 Å². The normalized spacial score (nSPS) is 13.2. The van der Waals surface area contributed by atoms with Gasteiger partial charge in [-0.2, -0.15) is 0 Å². The monoisotopic (exact) mass is 334 g/mol. The van der Waals surface area contributed by atoms with Gasteiger partial charge in [-0.3, -0.25) is 9.78 Å². The van der Waals surface area contributed by atoms with Crippen LogP contribution < -0.4 is 10.1 Å². The van der Waals surface area contributed by atoms with Crippen molar-refractivity contribution in [3.8, 4) is 5.75 Å². The topological polar surface area (TPSA) is 51.2 Å². The maximum atomic E-state index is 12.6. The highest BCUT2D eigenvalue weighted by molar-refractivity contribution is 5.88. The molecule has 0 saturated carbocycles. The Balaban J connectivity index is 1.76. The second kappa shape index (κ2) is 7.34. The van der Waals surface area contributed by atoms with E-state index in [0.717, 1.165) is 27.8 Å². The average Bonchev–Trinajstić information content (AvgIpc) is 2.67. The standard InChI is InChI=1S/C21H22N2O2/c1-14(21(24)23-15(2)20-6-4-5-11-22-20)16-7-8-18-13-19(25-3)10-9-17(18)12-16/h4-15H,1-3H3,(H,23,24)/t14-,15-/m0/s1. The molecule has 1 N–H and O–H groups in total. The lowest BCUT2D eigenvalue weighted by molar-refractivity contribution is -0.122. The van der Waals surface area contributed by atoms with Crippen LogP contribution in [-0.2, 0) is 4.79 Å². The molecule has 1 amide bonds. The maximum absolute atomic E-state index is 12.6. The lowest BCUT2D eigenvalue weighted by Crippen LogP contribution is -2.30. The van der Waals surface area contributed by atoms with E-state index in [0.29, 0.717) is 0 Å². The van der Waals surface area contributed by atoms with E-state index in [1.54, 1.807) is 13.3 Å². The molecule has 0 radical (unpaired) electrons. The van der Waals surface area contributed by atoms with Gasteiger partial charge < -0.3 is 10.1 Å². The Labute approximate surface area is 147 Å². The fourth-order valence-corrected chi connectivity index (χ4v) is 2.83. The summed E-state index contributed by atoms with van der Waals surface area (Å²) in [6.45, 7) is 3.87. The second-order valence-electron chi connectivity index (χ2n) is 6.18. The number of rotatable bonds is 5. The molecule has 0 unspecified atom stereocenters. The molecule has 3 aromatic rings. The highest BCUT2D eigenvalue weighted by atomic mass is 16.5. The fourth-order valence-electron chi connectivity index (χ4n) is 2.83. The summed E-state index contributed by atoms with van der Waals surface area (Å²) in [5, 5.41) is 5.23. The van der Waals surface area contributed by atoms with Gasteiger partial charge in [0.2, 0.25) is 5.91 Å². The van der Waals surface area contributed by atoms with E-state index < -0.39 is 0 Å². The molecule has 0 spiro atoms. The zero-order valence-electron chi connectivity index (χ0n) is 14.7. The molecule has 128 valence electrons. The van der Waals surface area contributed by atoms with E-state index in [9.17, 15) is 4.79 Å². The van der Waals surface area contributed by atoms with Crippen LogP contribution in [0.1, 0.15) is 37.1 Å². The van der Waals surface area contributed by atoms with Crippen molar-refractivity contribution in [2.45, 2.75) is 25.8 Å². The molecule has 0 bridgehead atoms. The number of hydrogen-bond donors (Lipinski definition) is 1. The summed E-state index contributed by atoms with van der Waals surface area (Å²) < 4.78 is 5.25. The first kappa shape index (κ1) is 17.0. The zero-order chi connectivity index (χ0) is 17.8. The number of pyridine rings is 1. The summed E-state index contributed by atoms with van der Waals surface area (Å²) in [6, 6.07) is 17.6. The molecule has 0 aliphatic carbocycles. The van der Waals surface area contributed by atoms with Crippen molar-refractivity contribution in [2.75, 3.05) is 7.11 Å². The third-order valence-corrected chi connectivity index (χ3v) is 4.45. The quantitative estimate of drug-likeness (QED) is 0.760. The Hall–Kier alpha value is -2.88. The number of aromatic nitrogens is 1. The summed E-state index contributed by atoms with van der Waals surface area (Å²) in [5.74, 6) is 0.582. The Morgan fingerprint density at radius 1 is 1.04 bits per heavy atom. The maximum Gasteiger partial charge on any atom is 0.227 e. The number of methoxy groups -OCH3 is 1. The van der Waals surface area contributed by atoms with Gasteiger partial charge in [0, 0.05) is 6.20 Å². The van der Waals surface area contributed by atoms with E-state index in [1.165, 1.54) is 0 Å². The minimum atomic E-state index is -0.238. The zero-order valence-corrected chi connectivity index (χ0v) is 14.7. The van der Waals surface area contributed by atoms with Crippen LogP contribution in [0.3, 0.4) is 0 Å². The van der Waals surface area contributed by atoms with Crippen molar-refractivity contribution in [2.24, 2.45) is 0 Å². The van der Waals surface area contributed by atoms with E-state index in [2.05, 4.69) is 16.4 Å². The fraction of sp³-hybridized carbons (Fsp3) is 0.238. The average molecular weight is 334 g/mol. The van der Waals surface area contributed by atoms with Crippen LogP contribution in [0.15, 0.2) is 60.8 Å². The van der Waals surface area contributed by atoms with E-state index >= 15 is 0 Å². The summed E-state index contributed by atoms with van der Waals surface area (Å²) in [5.41, 5.74) is 1.84. The van der Waals surface area contributed by atoms with Gasteiger partial charge in [0.1, 0.15) is 5.75 Å². The predicted molar refractivity (Wildman–Crippen MR) is 99.7 cm³/mol. The summed E-state index contributed by atoms with van der Waals surface area (Å²) in [4.78, 5) is 16.9. The van der Waals surface area contributed by atoms with Crippen molar-refractivity contribution in [3.63, 3.8) is 0 Å². The van der Waals surface area contributed by atoms with Gasteiger partial charge in [-0.25, -0.2) is 0 Å². The van der Waals surface area contributed by atoms with E-state index in [1.807, 2.05) is 62.4 Å². The van der Waals surface area contributed by atoms with Crippen molar-refractivity contribution >= 4 is 16.7 Å². The minimum Gasteiger partial charge on any atom is -0.497 e. The Morgan fingerprint density at radius 2 is 1.80 bits per heavy atom. The lowest BCUT2D eigenvalue weighted by Gasteiger charge is -2.18. The molecule has 3 rings (SSSR count). The molecular formula is C21H22N2O2. The number of carbonyl (C=O) groups is 1. The number of fused-ring (bicyclic) bond motifs is 1. The number of hydrogen-bond acceptors (Lipinski definition) is 3. The smallest absolute Gasteiger partial charge is 0.227 e. The highest BCUT2D eigenvalue weighted by Gasteiger charge is 2.18. The molecule has 2 atom stereocenters. The molecule has 25 heavy (non-hydrogen) atoms. The second-order valence-corrected chi connectivity index (χ2v) is 6.18. The van der Waals surface area contributed by atoms with Gasteiger partial charge in [-0.15, -0.1) is 0 Å². The van der Waals surface area contributed by atoms with Crippen LogP contribution in [0.4, 0.5) is 0 Å². The van der Waals surface area contributed by atoms with Gasteiger partial charge in [0.15, 0.2) is 0 Å². The first-order chi connectivity index (χ1) is 12.1. The summed E-state index contributed by atoms with van der Waals surface area (Å²) in [7, 11) is 1.66. The third kappa shape index (κ3) is 3.79. The number of amides is 1. The Kier molecular flexibility index (Phi) is 4.98. The van der Waals surface area contributed by atoms with Gasteiger partial charge in [-0.05, 0) is 54.4 Å². The summed E-state index contributed by atoms with van der Waals surface area (Å²) >= 11 is 0. The molecule has 0 fully saturated rings. The molecule has 2 aromatic carbocycles. The molecular weight excluding hydrogens is 312 g/mol. The van der Waals surface area contributed by atoms with Crippen LogP contribution in [0.5, 0.6) is 5.75 Å². The highest BCUT2D eigenvalue weighted by Crippen LogP contribution is 2.25. The molecule has 4 nitrogen and oxygen atoms in total. The Bertz CT molecular complexity index is 877. The van der Waals surface area contributed by atoms with Crippen LogP contribution in [0, 0.1) is 0 Å². The Morgan fingerprint density at radius 3 is 2.52 bits per heavy atom. The van der Waals surface area contributed by atoms with E-state index in [-0.39, 0.29) is 17.9 Å². The van der Waals surface area contributed by atoms with E-state index in [4.69, 9.17) is 4.74 Å². The number of benzene rings is 2. The largest absolute Gasteiger partial charge is 0.497 e. The van der Waals surface area contributed by atoms with Crippen LogP contribution in [0.2, 0.25) is 0 Å². The number of ether oxygens (including phenoxy) is 1. The van der Waals surface area contributed by atoms with Gasteiger partial charge in [-0.1, -0.05) is 30.3 Å². The first-order valence-electron chi connectivity index (χ1n) is 8.37. The predicted octanol–water partition coefficient (Wildman–Crippen LogP) is 4.22. The lowest BCUT2D eigenvalue weighted by atomic mass is 9.96.